The number of nitrogens with two attached hydrogens (primary N) is 1. The lowest BCUT2D eigenvalue weighted by Gasteiger charge is -1.98. The molecule has 1 amide bonds. The molecule has 0 spiro atoms. The van der Waals surface area contributed by atoms with Crippen LogP contribution in [0.1, 0.15) is 10.5 Å². The highest BCUT2D eigenvalue weighted by Gasteiger charge is 2.04. The molecule has 2 aromatic rings. The number of carbonyl (C=O) groups excluding carboxylic acids is 1. The maximum Gasteiger partial charge on any atom is 0.269 e. The van der Waals surface area contributed by atoms with Gasteiger partial charge in [-0.05, 0) is 18.2 Å². The van der Waals surface area contributed by atoms with Crippen LogP contribution in [0.15, 0.2) is 36.8 Å². The van der Waals surface area contributed by atoms with Gasteiger partial charge in [0.2, 0.25) is 0 Å². The van der Waals surface area contributed by atoms with Crippen molar-refractivity contribution in [1.29, 1.82) is 0 Å². The Bertz CT molecular complexity index is 449. The number of primary amides is 1. The fraction of sp³-hybridized carbons (Fsp3) is 0. The Balaban J connectivity index is 2.39. The zero-order valence-corrected chi connectivity index (χ0v) is 7.29. The van der Waals surface area contributed by atoms with E-state index in [1.165, 1.54) is 0 Å². The molecule has 2 aromatic heterocycles. The van der Waals surface area contributed by atoms with Crippen molar-refractivity contribution < 1.29 is 4.79 Å². The lowest BCUT2D eigenvalue weighted by atomic mass is 10.4. The molecule has 0 aliphatic heterocycles. The first-order valence-corrected chi connectivity index (χ1v) is 4.03. The molecule has 2 N–H and O–H groups in total. The number of hydrogen-bond donors (Lipinski definition) is 1. The van der Waals surface area contributed by atoms with E-state index in [1.54, 1.807) is 41.5 Å². The summed E-state index contributed by atoms with van der Waals surface area (Å²) in [4.78, 5) is 14.7. The van der Waals surface area contributed by atoms with Crippen molar-refractivity contribution in [1.82, 2.24) is 14.8 Å². The Kier molecular flexibility index (Phi) is 1.98. The van der Waals surface area contributed by atoms with Crippen LogP contribution in [0.25, 0.3) is 5.69 Å². The molecule has 70 valence electrons. The van der Waals surface area contributed by atoms with E-state index in [4.69, 9.17) is 5.73 Å². The maximum absolute atomic E-state index is 10.8. The van der Waals surface area contributed by atoms with Gasteiger partial charge in [0.25, 0.3) is 5.91 Å². The highest BCUT2D eigenvalue weighted by atomic mass is 16.1. The van der Waals surface area contributed by atoms with Gasteiger partial charge in [0.05, 0.1) is 5.69 Å². The minimum absolute atomic E-state index is 0.252. The van der Waals surface area contributed by atoms with Gasteiger partial charge in [-0.3, -0.25) is 9.78 Å². The number of amides is 1. The first kappa shape index (κ1) is 8.43. The Hall–Kier alpha value is -2.17. The third-order valence-electron chi connectivity index (χ3n) is 1.77. The monoisotopic (exact) mass is 188 g/mol. The molecule has 2 heterocycles. The van der Waals surface area contributed by atoms with Crippen LogP contribution < -0.4 is 5.73 Å². The second-order valence-corrected chi connectivity index (χ2v) is 2.72. The number of hydrogen-bond acceptors (Lipinski definition) is 3. The number of carbonyl (C=O) groups is 1. The van der Waals surface area contributed by atoms with E-state index >= 15 is 0 Å². The first-order valence-electron chi connectivity index (χ1n) is 4.03. The topological polar surface area (TPSA) is 73.8 Å². The van der Waals surface area contributed by atoms with E-state index in [9.17, 15) is 4.79 Å². The molecule has 0 aromatic carbocycles. The maximum atomic E-state index is 10.8. The van der Waals surface area contributed by atoms with E-state index in [-0.39, 0.29) is 5.69 Å². The summed E-state index contributed by atoms with van der Waals surface area (Å²) < 4.78 is 1.57. The average Bonchev–Trinajstić information content (AvgIpc) is 2.68. The zero-order chi connectivity index (χ0) is 9.97. The molecule has 0 saturated carbocycles. The van der Waals surface area contributed by atoms with Crippen molar-refractivity contribution in [2.24, 2.45) is 5.73 Å². The quantitative estimate of drug-likeness (QED) is 0.739. The molecule has 5 nitrogen and oxygen atoms in total. The molecule has 0 bridgehead atoms. The van der Waals surface area contributed by atoms with Gasteiger partial charge in [-0.2, -0.15) is 5.10 Å². The van der Waals surface area contributed by atoms with Crippen LogP contribution in [-0.2, 0) is 0 Å². The third kappa shape index (κ3) is 1.47. The fourth-order valence-corrected chi connectivity index (χ4v) is 1.10. The summed E-state index contributed by atoms with van der Waals surface area (Å²) in [6.07, 6.45) is 4.98. The van der Waals surface area contributed by atoms with Gasteiger partial charge in [0.15, 0.2) is 0 Å². The highest BCUT2D eigenvalue weighted by Crippen LogP contribution is 2.04. The number of rotatable bonds is 2. The first-order chi connectivity index (χ1) is 6.77. The predicted octanol–water partition coefficient (Wildman–Crippen LogP) is 0.366. The average molecular weight is 188 g/mol. The van der Waals surface area contributed by atoms with Gasteiger partial charge in [0.1, 0.15) is 5.69 Å². The Morgan fingerprint density at radius 2 is 2.00 bits per heavy atom. The lowest BCUT2D eigenvalue weighted by molar-refractivity contribution is 0.0995. The molecule has 0 saturated heterocycles. The summed E-state index contributed by atoms with van der Waals surface area (Å²) in [6.45, 7) is 0. The summed E-state index contributed by atoms with van der Waals surface area (Å²) in [7, 11) is 0. The van der Waals surface area contributed by atoms with Crippen LogP contribution in [0.2, 0.25) is 0 Å². The van der Waals surface area contributed by atoms with Crippen LogP contribution in [0, 0.1) is 0 Å². The zero-order valence-electron chi connectivity index (χ0n) is 7.29. The molecule has 14 heavy (non-hydrogen) atoms. The van der Waals surface area contributed by atoms with Gasteiger partial charge in [0, 0.05) is 18.6 Å². The predicted molar refractivity (Wildman–Crippen MR) is 49.9 cm³/mol. The summed E-state index contributed by atoms with van der Waals surface area (Å²) in [5, 5.41) is 3.99. The summed E-state index contributed by atoms with van der Waals surface area (Å²) in [6, 6.07) is 5.15. The summed E-state index contributed by atoms with van der Waals surface area (Å²) >= 11 is 0. The lowest BCUT2D eigenvalue weighted by Crippen LogP contribution is -2.12. The molecule has 0 aliphatic carbocycles. The van der Waals surface area contributed by atoms with Crippen molar-refractivity contribution in [2.45, 2.75) is 0 Å². The third-order valence-corrected chi connectivity index (χ3v) is 1.77. The second kappa shape index (κ2) is 3.29. The van der Waals surface area contributed by atoms with E-state index in [0.717, 1.165) is 5.69 Å². The molecule has 0 atom stereocenters. The van der Waals surface area contributed by atoms with Gasteiger partial charge >= 0.3 is 0 Å². The van der Waals surface area contributed by atoms with Crippen LogP contribution in [0.5, 0.6) is 0 Å². The molecular weight excluding hydrogens is 180 g/mol. The van der Waals surface area contributed by atoms with E-state index in [0.29, 0.717) is 0 Å². The smallest absolute Gasteiger partial charge is 0.269 e. The molecule has 2 rings (SSSR count). The molecule has 0 aliphatic rings. The van der Waals surface area contributed by atoms with Gasteiger partial charge in [-0.15, -0.1) is 0 Å². The number of pyridine rings is 1. The van der Waals surface area contributed by atoms with Crippen LogP contribution in [0.3, 0.4) is 0 Å². The molecule has 5 heteroatoms. The summed E-state index contributed by atoms with van der Waals surface area (Å²) in [5.41, 5.74) is 6.17. The van der Waals surface area contributed by atoms with Gasteiger partial charge in [-0.1, -0.05) is 0 Å². The minimum Gasteiger partial charge on any atom is -0.364 e. The standard InChI is InChI=1S/C9H8N4O/c10-9(14)8-3-6-13(12-8)7-1-4-11-5-2-7/h1-6H,(H2,10,14). The largest absolute Gasteiger partial charge is 0.364 e. The van der Waals surface area contributed by atoms with Gasteiger partial charge < -0.3 is 5.73 Å². The Labute approximate surface area is 80.2 Å². The van der Waals surface area contributed by atoms with Crippen LogP contribution >= 0.6 is 0 Å². The van der Waals surface area contributed by atoms with Gasteiger partial charge in [-0.25, -0.2) is 4.68 Å². The van der Waals surface area contributed by atoms with Crippen molar-refractivity contribution in [2.75, 3.05) is 0 Å². The Morgan fingerprint density at radius 1 is 1.29 bits per heavy atom. The van der Waals surface area contributed by atoms with Crippen LogP contribution in [-0.4, -0.2) is 20.7 Å². The highest BCUT2D eigenvalue weighted by molar-refractivity contribution is 5.90. The van der Waals surface area contributed by atoms with E-state index < -0.39 is 5.91 Å². The number of aromatic nitrogens is 3. The summed E-state index contributed by atoms with van der Waals surface area (Å²) in [5.74, 6) is -0.530. The molecular formula is C9H8N4O. The fourth-order valence-electron chi connectivity index (χ4n) is 1.10. The molecule has 0 radical (unpaired) electrons. The van der Waals surface area contributed by atoms with Crippen molar-refractivity contribution in [3.05, 3.63) is 42.5 Å². The Morgan fingerprint density at radius 3 is 2.57 bits per heavy atom. The SMILES string of the molecule is NC(=O)c1ccn(-c2ccncc2)n1. The van der Waals surface area contributed by atoms with E-state index in [2.05, 4.69) is 10.1 Å². The second-order valence-electron chi connectivity index (χ2n) is 2.72. The minimum atomic E-state index is -0.530. The normalized spacial score (nSPS) is 10.0. The molecule has 0 unspecified atom stereocenters. The number of nitrogens with zero attached hydrogens (tertiary/aromatic N) is 3. The van der Waals surface area contributed by atoms with Crippen LogP contribution in [0.4, 0.5) is 0 Å². The molecule has 0 fully saturated rings. The van der Waals surface area contributed by atoms with Crippen molar-refractivity contribution in [3.63, 3.8) is 0 Å². The van der Waals surface area contributed by atoms with Crippen molar-refractivity contribution >= 4 is 5.91 Å². The van der Waals surface area contributed by atoms with Crippen molar-refractivity contribution in [3.8, 4) is 5.69 Å². The van der Waals surface area contributed by atoms with E-state index in [1.807, 2.05) is 0 Å².